The summed E-state index contributed by atoms with van der Waals surface area (Å²) in [6.45, 7) is 0. The van der Waals surface area contributed by atoms with Crippen LogP contribution in [-0.2, 0) is 4.79 Å². The number of benzene rings is 4. The second-order valence-electron chi connectivity index (χ2n) is 9.19. The van der Waals surface area contributed by atoms with E-state index in [9.17, 15) is 14.9 Å². The first-order chi connectivity index (χ1) is 19.9. The monoisotopic (exact) mass is 620 g/mol. The van der Waals surface area contributed by atoms with Crippen molar-refractivity contribution in [2.75, 3.05) is 4.90 Å². The summed E-state index contributed by atoms with van der Waals surface area (Å²) in [7, 11) is 0. The quantitative estimate of drug-likeness (QED) is 0.103. The van der Waals surface area contributed by atoms with Gasteiger partial charge in [-0.1, -0.05) is 70.2 Å². The largest absolute Gasteiger partial charge is 0.457 e. The molecule has 4 aromatic carbocycles. The molecule has 0 bridgehead atoms. The van der Waals surface area contributed by atoms with Crippen LogP contribution in [0.4, 0.5) is 11.4 Å². The zero-order chi connectivity index (χ0) is 28.3. The summed E-state index contributed by atoms with van der Waals surface area (Å²) in [6.07, 6.45) is 3.66. The van der Waals surface area contributed by atoms with Crippen molar-refractivity contribution in [2.45, 2.75) is 9.79 Å². The van der Waals surface area contributed by atoms with Crippen molar-refractivity contribution < 1.29 is 14.1 Å². The predicted octanol–water partition coefficient (Wildman–Crippen LogP) is 9.24. The van der Waals surface area contributed by atoms with Crippen LogP contribution in [0.3, 0.4) is 0 Å². The molecule has 0 fully saturated rings. The van der Waals surface area contributed by atoms with Crippen molar-refractivity contribution >= 4 is 56.7 Å². The number of hydrogen-bond acceptors (Lipinski definition) is 5. The topological polar surface area (TPSA) is 76.6 Å². The Balaban J connectivity index is 1.28. The van der Waals surface area contributed by atoms with Gasteiger partial charge in [0.2, 0.25) is 0 Å². The molecule has 6 rings (SSSR count). The van der Waals surface area contributed by atoms with Crippen LogP contribution >= 0.6 is 27.7 Å². The molecule has 1 aliphatic rings. The van der Waals surface area contributed by atoms with E-state index in [-0.39, 0.29) is 11.6 Å². The summed E-state index contributed by atoms with van der Waals surface area (Å²) in [6, 6.07) is 35.5. The lowest BCUT2D eigenvalue weighted by molar-refractivity contribution is -0.384. The number of nitro groups is 1. The number of nitrogens with zero attached hydrogens (tertiary/aromatic N) is 2. The van der Waals surface area contributed by atoms with Crippen LogP contribution in [0, 0.1) is 10.1 Å². The van der Waals surface area contributed by atoms with Crippen LogP contribution < -0.4 is 4.90 Å². The van der Waals surface area contributed by atoms with Gasteiger partial charge in [-0.2, -0.15) is 0 Å². The van der Waals surface area contributed by atoms with E-state index in [1.165, 1.54) is 23.9 Å². The fourth-order valence-corrected chi connectivity index (χ4v) is 5.56. The minimum Gasteiger partial charge on any atom is -0.457 e. The van der Waals surface area contributed by atoms with Crippen molar-refractivity contribution in [3.63, 3.8) is 0 Å². The van der Waals surface area contributed by atoms with Gasteiger partial charge >= 0.3 is 0 Å². The maximum absolute atomic E-state index is 13.8. The van der Waals surface area contributed by atoms with Crippen molar-refractivity contribution in [3.8, 4) is 11.3 Å². The molecule has 2 heterocycles. The maximum Gasteiger partial charge on any atom is 0.269 e. The van der Waals surface area contributed by atoms with E-state index in [4.69, 9.17) is 4.42 Å². The van der Waals surface area contributed by atoms with E-state index >= 15 is 0 Å². The first kappa shape index (κ1) is 26.6. The zero-order valence-corrected chi connectivity index (χ0v) is 23.8. The number of non-ortho nitro benzene ring substituents is 1. The Morgan fingerprint density at radius 3 is 2.10 bits per heavy atom. The highest BCUT2D eigenvalue weighted by Crippen LogP contribution is 2.37. The number of nitro benzene ring substituents is 1. The fourth-order valence-electron chi connectivity index (χ4n) is 4.48. The molecule has 0 saturated heterocycles. The molecule has 41 heavy (non-hydrogen) atoms. The SMILES string of the molecule is O=C1C(=Cc2ccc(-c3ccc(Br)cc3)o2)C=C(c2ccccc2)N1c1ccc(Sc2ccc([N+](=O)[O-])cc2)cc1. The second kappa shape index (κ2) is 11.4. The predicted molar refractivity (Wildman–Crippen MR) is 165 cm³/mol. The molecule has 200 valence electrons. The molecular formula is C33H21BrN2O4S. The van der Waals surface area contributed by atoms with Crippen molar-refractivity contribution in [3.05, 3.63) is 153 Å². The second-order valence-corrected chi connectivity index (χ2v) is 11.3. The highest BCUT2D eigenvalue weighted by Gasteiger charge is 2.30. The van der Waals surface area contributed by atoms with E-state index in [0.717, 1.165) is 42.5 Å². The molecular weight excluding hydrogens is 600 g/mol. The Morgan fingerprint density at radius 2 is 1.44 bits per heavy atom. The highest BCUT2D eigenvalue weighted by molar-refractivity contribution is 9.10. The van der Waals surface area contributed by atoms with E-state index in [0.29, 0.717) is 11.3 Å². The van der Waals surface area contributed by atoms with Gasteiger partial charge in [-0.3, -0.25) is 19.8 Å². The third-order valence-electron chi connectivity index (χ3n) is 6.48. The van der Waals surface area contributed by atoms with Crippen LogP contribution in [0.5, 0.6) is 0 Å². The molecule has 1 aromatic heterocycles. The molecule has 0 saturated carbocycles. The minimum atomic E-state index is -0.413. The van der Waals surface area contributed by atoms with Gasteiger partial charge in [0.05, 0.1) is 10.6 Å². The van der Waals surface area contributed by atoms with Gasteiger partial charge in [0.25, 0.3) is 11.6 Å². The number of furan rings is 1. The third-order valence-corrected chi connectivity index (χ3v) is 8.03. The lowest BCUT2D eigenvalue weighted by Gasteiger charge is -2.21. The molecule has 0 N–H and O–H groups in total. The lowest BCUT2D eigenvalue weighted by Crippen LogP contribution is -2.24. The molecule has 8 heteroatoms. The standard InChI is InChI=1S/C33H21BrN2O4S/c34-25-8-6-23(7-9-25)32-19-14-28(40-32)20-24-21-31(22-4-2-1-3-5-22)35(33(24)37)26-10-15-29(16-11-26)41-30-17-12-27(13-18-30)36(38)39/h1-21H. The van der Waals surface area contributed by atoms with Crippen LogP contribution in [0.1, 0.15) is 11.3 Å². The van der Waals surface area contributed by atoms with E-state index in [2.05, 4.69) is 15.9 Å². The van der Waals surface area contributed by atoms with Gasteiger partial charge in [0.1, 0.15) is 11.5 Å². The molecule has 0 aliphatic carbocycles. The molecule has 5 aromatic rings. The number of carbonyl (C=O) groups is 1. The Bertz CT molecular complexity index is 1790. The van der Waals surface area contributed by atoms with Crippen LogP contribution in [0.15, 0.2) is 146 Å². The molecule has 0 atom stereocenters. The molecule has 0 unspecified atom stereocenters. The Hall–Kier alpha value is -4.66. The zero-order valence-electron chi connectivity index (χ0n) is 21.4. The van der Waals surface area contributed by atoms with Crippen molar-refractivity contribution in [1.29, 1.82) is 0 Å². The number of halogens is 1. The smallest absolute Gasteiger partial charge is 0.269 e. The van der Waals surface area contributed by atoms with Crippen LogP contribution in [-0.4, -0.2) is 10.8 Å². The van der Waals surface area contributed by atoms with Gasteiger partial charge in [0.15, 0.2) is 0 Å². The average molecular weight is 622 g/mol. The Kier molecular flexibility index (Phi) is 7.41. The van der Waals surface area contributed by atoms with Crippen LogP contribution in [0.2, 0.25) is 0 Å². The van der Waals surface area contributed by atoms with Gasteiger partial charge < -0.3 is 4.42 Å². The van der Waals surface area contributed by atoms with Crippen molar-refractivity contribution in [2.24, 2.45) is 0 Å². The lowest BCUT2D eigenvalue weighted by atomic mass is 10.1. The molecule has 1 aliphatic heterocycles. The summed E-state index contributed by atoms with van der Waals surface area (Å²) < 4.78 is 7.05. The third kappa shape index (κ3) is 5.79. The highest BCUT2D eigenvalue weighted by atomic mass is 79.9. The summed E-state index contributed by atoms with van der Waals surface area (Å²) in [5.41, 5.74) is 3.95. The van der Waals surface area contributed by atoms with Gasteiger partial charge in [-0.15, -0.1) is 0 Å². The van der Waals surface area contributed by atoms with Gasteiger partial charge in [0, 0.05) is 43.2 Å². The molecule has 0 radical (unpaired) electrons. The molecule has 6 nitrogen and oxygen atoms in total. The Labute approximate surface area is 248 Å². The summed E-state index contributed by atoms with van der Waals surface area (Å²) >= 11 is 4.95. The average Bonchev–Trinajstić information content (AvgIpc) is 3.59. The summed E-state index contributed by atoms with van der Waals surface area (Å²) in [5, 5.41) is 10.9. The van der Waals surface area contributed by atoms with E-state index < -0.39 is 4.92 Å². The number of amides is 1. The van der Waals surface area contributed by atoms with E-state index in [1.54, 1.807) is 23.1 Å². The Morgan fingerprint density at radius 1 is 0.780 bits per heavy atom. The van der Waals surface area contributed by atoms with Gasteiger partial charge in [-0.05, 0) is 78.4 Å². The maximum atomic E-state index is 13.8. The molecule has 1 amide bonds. The van der Waals surface area contributed by atoms with Gasteiger partial charge in [-0.25, -0.2) is 0 Å². The summed E-state index contributed by atoms with van der Waals surface area (Å²) in [4.78, 5) is 27.8. The number of anilines is 1. The van der Waals surface area contributed by atoms with E-state index in [1.807, 2.05) is 97.1 Å². The summed E-state index contributed by atoms with van der Waals surface area (Å²) in [5.74, 6) is 1.16. The normalized spacial score (nSPS) is 14.0. The first-order valence-electron chi connectivity index (χ1n) is 12.7. The van der Waals surface area contributed by atoms with Crippen molar-refractivity contribution in [1.82, 2.24) is 0 Å². The fraction of sp³-hybridized carbons (Fsp3) is 0. The number of carbonyl (C=O) groups excluding carboxylic acids is 1. The van der Waals surface area contributed by atoms with Crippen LogP contribution in [0.25, 0.3) is 23.1 Å². The number of hydrogen-bond donors (Lipinski definition) is 0. The molecule has 0 spiro atoms. The first-order valence-corrected chi connectivity index (χ1v) is 14.3. The number of rotatable bonds is 7. The minimum absolute atomic E-state index is 0.0559.